The monoisotopic (exact) mass is 368 g/mol. The first-order valence-corrected chi connectivity index (χ1v) is 9.05. The van der Waals surface area contributed by atoms with Crippen LogP contribution in [0.4, 0.5) is 5.69 Å². The molecular weight excluding hydrogens is 348 g/mol. The highest BCUT2D eigenvalue weighted by Crippen LogP contribution is 2.24. The number of rotatable bonds is 4. The number of carbonyl (C=O) groups excluding carboxylic acids is 2. The highest BCUT2D eigenvalue weighted by Gasteiger charge is 2.22. The Morgan fingerprint density at radius 1 is 1.12 bits per heavy atom. The average Bonchev–Trinajstić information content (AvgIpc) is 3.16. The maximum Gasteiger partial charge on any atom is 0.256 e. The maximum absolute atomic E-state index is 12.7. The summed E-state index contributed by atoms with van der Waals surface area (Å²) in [4.78, 5) is 26.8. The first-order valence-electron chi connectivity index (χ1n) is 8.67. The van der Waals surface area contributed by atoms with Crippen molar-refractivity contribution < 1.29 is 9.59 Å². The third-order valence-electron chi connectivity index (χ3n) is 4.33. The number of benzene rings is 2. The molecule has 1 heterocycles. The van der Waals surface area contributed by atoms with Crippen molar-refractivity contribution in [1.29, 1.82) is 0 Å². The van der Waals surface area contributed by atoms with Crippen molar-refractivity contribution in [3.8, 4) is 0 Å². The molecule has 1 N–H and O–H groups in total. The van der Waals surface area contributed by atoms with E-state index in [4.69, 9.17) is 11.6 Å². The van der Waals surface area contributed by atoms with Crippen LogP contribution in [0.3, 0.4) is 0 Å². The van der Waals surface area contributed by atoms with Gasteiger partial charge in [-0.2, -0.15) is 0 Å². The topological polar surface area (TPSA) is 49.4 Å². The van der Waals surface area contributed by atoms with Crippen LogP contribution in [-0.4, -0.2) is 29.8 Å². The van der Waals surface area contributed by atoms with E-state index in [-0.39, 0.29) is 11.8 Å². The van der Waals surface area contributed by atoms with Crippen LogP contribution in [0, 0.1) is 6.92 Å². The number of likely N-dealkylation sites (tertiary alicyclic amines) is 1. The van der Waals surface area contributed by atoms with Gasteiger partial charge in [0.15, 0.2) is 0 Å². The van der Waals surface area contributed by atoms with Gasteiger partial charge in [-0.15, -0.1) is 0 Å². The van der Waals surface area contributed by atoms with Gasteiger partial charge in [-0.05, 0) is 49.6 Å². The number of nitrogens with one attached hydrogen (secondary N) is 1. The number of anilines is 1. The Hall–Kier alpha value is -2.59. The summed E-state index contributed by atoms with van der Waals surface area (Å²) in [7, 11) is 0. The summed E-state index contributed by atoms with van der Waals surface area (Å²) in [5, 5.41) is 3.27. The van der Waals surface area contributed by atoms with E-state index in [0.717, 1.165) is 37.1 Å². The Balaban J connectivity index is 1.76. The lowest BCUT2D eigenvalue weighted by Gasteiger charge is -2.18. The van der Waals surface area contributed by atoms with Crippen LogP contribution in [0.25, 0.3) is 6.08 Å². The SMILES string of the molecule is Cc1cccc(/C=C/C(=O)Nc2ccc(Cl)cc2C(=O)N2CCCC2)c1. The van der Waals surface area contributed by atoms with E-state index in [1.54, 1.807) is 29.2 Å². The zero-order valence-electron chi connectivity index (χ0n) is 14.7. The third kappa shape index (κ3) is 4.52. The van der Waals surface area contributed by atoms with Crippen molar-refractivity contribution in [1.82, 2.24) is 4.90 Å². The minimum Gasteiger partial charge on any atom is -0.339 e. The van der Waals surface area contributed by atoms with Gasteiger partial charge in [0.25, 0.3) is 5.91 Å². The zero-order chi connectivity index (χ0) is 18.5. The van der Waals surface area contributed by atoms with Crippen molar-refractivity contribution in [3.63, 3.8) is 0 Å². The molecule has 1 aliphatic heterocycles. The molecule has 1 saturated heterocycles. The van der Waals surface area contributed by atoms with E-state index >= 15 is 0 Å². The van der Waals surface area contributed by atoms with E-state index < -0.39 is 0 Å². The van der Waals surface area contributed by atoms with E-state index in [2.05, 4.69) is 5.32 Å². The molecule has 0 saturated carbocycles. The Bertz CT molecular complexity index is 855. The Morgan fingerprint density at radius 2 is 1.88 bits per heavy atom. The predicted molar refractivity (Wildman–Crippen MR) is 105 cm³/mol. The molecule has 4 nitrogen and oxygen atoms in total. The number of aryl methyl sites for hydroxylation is 1. The summed E-state index contributed by atoms with van der Waals surface area (Å²) in [6, 6.07) is 12.8. The largest absolute Gasteiger partial charge is 0.339 e. The van der Waals surface area contributed by atoms with Crippen LogP contribution in [0.15, 0.2) is 48.5 Å². The molecule has 5 heteroatoms. The van der Waals surface area contributed by atoms with Crippen LogP contribution < -0.4 is 5.32 Å². The van der Waals surface area contributed by atoms with Gasteiger partial charge < -0.3 is 10.2 Å². The van der Waals surface area contributed by atoms with Gasteiger partial charge in [0.1, 0.15) is 0 Å². The van der Waals surface area contributed by atoms with Crippen LogP contribution in [-0.2, 0) is 4.79 Å². The van der Waals surface area contributed by atoms with Crippen molar-refractivity contribution >= 4 is 35.2 Å². The molecule has 3 rings (SSSR count). The molecule has 0 atom stereocenters. The molecule has 1 aliphatic rings. The van der Waals surface area contributed by atoms with Gasteiger partial charge in [-0.25, -0.2) is 0 Å². The predicted octanol–water partition coefficient (Wildman–Crippen LogP) is 4.54. The van der Waals surface area contributed by atoms with Gasteiger partial charge in [0.2, 0.25) is 5.91 Å². The second-order valence-corrected chi connectivity index (χ2v) is 6.86. The van der Waals surface area contributed by atoms with Crippen LogP contribution in [0.5, 0.6) is 0 Å². The first-order chi connectivity index (χ1) is 12.5. The summed E-state index contributed by atoms with van der Waals surface area (Å²) < 4.78 is 0. The van der Waals surface area contributed by atoms with Crippen molar-refractivity contribution in [3.05, 3.63) is 70.3 Å². The van der Waals surface area contributed by atoms with Crippen LogP contribution >= 0.6 is 11.6 Å². The first kappa shape index (κ1) is 18.2. The Labute approximate surface area is 158 Å². The van der Waals surface area contributed by atoms with Gasteiger partial charge in [0.05, 0.1) is 11.3 Å². The van der Waals surface area contributed by atoms with Crippen LogP contribution in [0.2, 0.25) is 5.02 Å². The molecule has 0 unspecified atom stereocenters. The highest BCUT2D eigenvalue weighted by molar-refractivity contribution is 6.31. The molecule has 134 valence electrons. The number of hydrogen-bond donors (Lipinski definition) is 1. The van der Waals surface area contributed by atoms with E-state index in [0.29, 0.717) is 16.3 Å². The molecule has 0 radical (unpaired) electrons. The molecular formula is C21H21ClN2O2. The standard InChI is InChI=1S/C21H21ClN2O2/c1-15-5-4-6-16(13-15)7-10-20(25)23-19-9-8-17(22)14-18(19)21(26)24-11-2-3-12-24/h4-10,13-14H,2-3,11-12H2,1H3,(H,23,25)/b10-7+. The van der Waals surface area contributed by atoms with Gasteiger partial charge in [0, 0.05) is 24.2 Å². The lowest BCUT2D eigenvalue weighted by atomic mass is 10.1. The zero-order valence-corrected chi connectivity index (χ0v) is 15.4. The highest BCUT2D eigenvalue weighted by atomic mass is 35.5. The lowest BCUT2D eigenvalue weighted by molar-refractivity contribution is -0.111. The van der Waals surface area contributed by atoms with Crippen molar-refractivity contribution in [2.45, 2.75) is 19.8 Å². The second kappa shape index (κ2) is 8.19. The molecule has 0 bridgehead atoms. The van der Waals surface area contributed by atoms with Crippen molar-refractivity contribution in [2.75, 3.05) is 18.4 Å². The number of hydrogen-bond acceptors (Lipinski definition) is 2. The fourth-order valence-corrected chi connectivity index (χ4v) is 3.19. The lowest BCUT2D eigenvalue weighted by Crippen LogP contribution is -2.28. The molecule has 0 aliphatic carbocycles. The minimum atomic E-state index is -0.288. The van der Waals surface area contributed by atoms with Gasteiger partial charge >= 0.3 is 0 Å². The maximum atomic E-state index is 12.7. The fraction of sp³-hybridized carbons (Fsp3) is 0.238. The summed E-state index contributed by atoms with van der Waals surface area (Å²) in [5.74, 6) is -0.382. The molecule has 2 aromatic carbocycles. The van der Waals surface area contributed by atoms with E-state index in [1.165, 1.54) is 6.08 Å². The molecule has 0 aromatic heterocycles. The fourth-order valence-electron chi connectivity index (χ4n) is 3.01. The summed E-state index contributed by atoms with van der Waals surface area (Å²) in [6.07, 6.45) is 5.23. The summed E-state index contributed by atoms with van der Waals surface area (Å²) in [5.41, 5.74) is 2.98. The number of halogens is 1. The molecule has 2 amide bonds. The minimum absolute atomic E-state index is 0.0945. The molecule has 26 heavy (non-hydrogen) atoms. The molecule has 1 fully saturated rings. The second-order valence-electron chi connectivity index (χ2n) is 6.43. The van der Waals surface area contributed by atoms with E-state index in [1.807, 2.05) is 31.2 Å². The quantitative estimate of drug-likeness (QED) is 0.805. The molecule has 2 aromatic rings. The Morgan fingerprint density at radius 3 is 2.62 bits per heavy atom. The number of amides is 2. The Kier molecular flexibility index (Phi) is 5.74. The number of carbonyl (C=O) groups is 2. The third-order valence-corrected chi connectivity index (χ3v) is 4.57. The summed E-state index contributed by atoms with van der Waals surface area (Å²) in [6.45, 7) is 3.49. The van der Waals surface area contributed by atoms with Crippen LogP contribution in [0.1, 0.15) is 34.3 Å². The average molecular weight is 369 g/mol. The van der Waals surface area contributed by atoms with Gasteiger partial charge in [-0.1, -0.05) is 41.4 Å². The summed E-state index contributed by atoms with van der Waals surface area (Å²) >= 11 is 6.06. The number of nitrogens with zero attached hydrogens (tertiary/aromatic N) is 1. The smallest absolute Gasteiger partial charge is 0.256 e. The normalized spacial score (nSPS) is 14.0. The molecule has 0 spiro atoms. The van der Waals surface area contributed by atoms with Gasteiger partial charge in [-0.3, -0.25) is 9.59 Å². The van der Waals surface area contributed by atoms with E-state index in [9.17, 15) is 9.59 Å². The van der Waals surface area contributed by atoms with Crippen molar-refractivity contribution in [2.24, 2.45) is 0 Å².